The molecule has 2 heterocycles. The lowest BCUT2D eigenvalue weighted by Gasteiger charge is -2.28. The first kappa shape index (κ1) is 24.2. The summed E-state index contributed by atoms with van der Waals surface area (Å²) in [5, 5.41) is 25.2. The normalized spacial score (nSPS) is 16.0. The Balaban J connectivity index is 1.73. The number of ketones is 1. The van der Waals surface area contributed by atoms with E-state index in [4.69, 9.17) is 4.42 Å². The first-order valence-electron chi connectivity index (χ1n) is 11.7. The highest BCUT2D eigenvalue weighted by atomic mass is 16.6. The molecule has 35 heavy (non-hydrogen) atoms. The summed E-state index contributed by atoms with van der Waals surface area (Å²) in [4.78, 5) is 40.2. The van der Waals surface area contributed by atoms with Gasteiger partial charge in [0.05, 0.1) is 30.6 Å². The monoisotopic (exact) mass is 477 g/mol. The average molecular weight is 478 g/mol. The zero-order valence-corrected chi connectivity index (χ0v) is 19.7. The van der Waals surface area contributed by atoms with Crippen LogP contribution in [-0.4, -0.2) is 47.7 Å². The molecule has 9 heteroatoms. The Morgan fingerprint density at radius 3 is 2.54 bits per heavy atom. The Bertz CT molecular complexity index is 1270. The van der Waals surface area contributed by atoms with Crippen molar-refractivity contribution in [2.24, 2.45) is 0 Å². The van der Waals surface area contributed by atoms with Gasteiger partial charge in [0.2, 0.25) is 11.7 Å². The Morgan fingerprint density at radius 2 is 1.86 bits per heavy atom. The van der Waals surface area contributed by atoms with Crippen LogP contribution in [0, 0.1) is 10.1 Å². The number of nitro benzene ring substituents is 1. The molecular formula is C26H27N3O6. The molecule has 0 saturated heterocycles. The molecule has 0 fully saturated rings. The van der Waals surface area contributed by atoms with Gasteiger partial charge in [-0.2, -0.15) is 0 Å². The number of nitrogens with one attached hydrogen (secondary N) is 1. The van der Waals surface area contributed by atoms with Crippen molar-refractivity contribution in [1.29, 1.82) is 0 Å². The van der Waals surface area contributed by atoms with E-state index >= 15 is 0 Å². The van der Waals surface area contributed by atoms with Crippen LogP contribution in [-0.2, 0) is 4.79 Å². The standard InChI is InChI=1S/C26H27N3O6/c1-3-27(4-2)13-8-14-28-23(18-10-7-11-19(15-18)29(33)34)22(25(31)26(28)32)24(30)21-16-17-9-5-6-12-20(17)35-21/h5-7,9-12,15-16,23,31H,3-4,8,13-14H2,1-2H3. The molecule has 1 amide bonds. The SMILES string of the molecule is CC[NH+](CC)CCCN1C(=O)C([O-])=C(C(=O)c2cc3ccccc3o2)C1c1cccc([N+](=O)[O-])c1. The number of nitro groups is 1. The highest BCUT2D eigenvalue weighted by Crippen LogP contribution is 2.39. The number of fused-ring (bicyclic) bond motifs is 1. The lowest BCUT2D eigenvalue weighted by atomic mass is 9.94. The molecule has 4 rings (SSSR count). The van der Waals surface area contributed by atoms with Gasteiger partial charge in [-0.05, 0) is 37.3 Å². The van der Waals surface area contributed by atoms with Gasteiger partial charge in [0, 0.05) is 36.1 Å². The van der Waals surface area contributed by atoms with E-state index in [9.17, 15) is 24.8 Å². The topological polar surface area (TPSA) is 121 Å². The molecular weight excluding hydrogens is 450 g/mol. The zero-order chi connectivity index (χ0) is 25.1. The number of hydrogen-bond acceptors (Lipinski definition) is 6. The molecule has 1 aliphatic rings. The molecule has 0 bridgehead atoms. The molecule has 1 atom stereocenters. The minimum Gasteiger partial charge on any atom is -0.868 e. The fourth-order valence-electron chi connectivity index (χ4n) is 4.59. The molecule has 0 radical (unpaired) electrons. The smallest absolute Gasteiger partial charge is 0.269 e. The molecule has 0 spiro atoms. The van der Waals surface area contributed by atoms with Gasteiger partial charge >= 0.3 is 0 Å². The Hall–Kier alpha value is -3.98. The molecule has 0 saturated carbocycles. The lowest BCUT2D eigenvalue weighted by molar-refractivity contribution is -0.896. The number of nitrogens with zero attached hydrogens (tertiary/aromatic N) is 2. The van der Waals surface area contributed by atoms with Gasteiger partial charge in [-0.3, -0.25) is 19.7 Å². The van der Waals surface area contributed by atoms with Crippen molar-refractivity contribution in [3.05, 3.63) is 87.4 Å². The minimum atomic E-state index is -1.03. The summed E-state index contributed by atoms with van der Waals surface area (Å²) >= 11 is 0. The summed E-state index contributed by atoms with van der Waals surface area (Å²) in [7, 11) is 0. The van der Waals surface area contributed by atoms with Crippen LogP contribution in [0.4, 0.5) is 5.69 Å². The van der Waals surface area contributed by atoms with E-state index in [1.165, 1.54) is 28.0 Å². The first-order chi connectivity index (χ1) is 16.8. The summed E-state index contributed by atoms with van der Waals surface area (Å²) in [6.45, 7) is 7.05. The molecule has 2 aromatic carbocycles. The van der Waals surface area contributed by atoms with E-state index in [2.05, 4.69) is 13.8 Å². The van der Waals surface area contributed by atoms with Crippen LogP contribution >= 0.6 is 0 Å². The molecule has 1 N–H and O–H groups in total. The maximum atomic E-state index is 13.5. The maximum Gasteiger partial charge on any atom is 0.269 e. The number of Topliss-reactive ketones (excluding diaryl/α,β-unsaturated/α-hetero) is 1. The van der Waals surface area contributed by atoms with Gasteiger partial charge in [0.25, 0.3) is 5.69 Å². The Morgan fingerprint density at radius 1 is 1.11 bits per heavy atom. The van der Waals surface area contributed by atoms with Gasteiger partial charge in [0.1, 0.15) is 5.58 Å². The number of furan rings is 1. The van der Waals surface area contributed by atoms with Crippen LogP contribution < -0.4 is 10.0 Å². The van der Waals surface area contributed by atoms with Crippen molar-refractivity contribution in [2.45, 2.75) is 26.3 Å². The second-order valence-corrected chi connectivity index (χ2v) is 8.53. The third-order valence-electron chi connectivity index (χ3n) is 6.50. The van der Waals surface area contributed by atoms with E-state index in [1.807, 2.05) is 0 Å². The van der Waals surface area contributed by atoms with Crippen molar-refractivity contribution < 1.29 is 28.9 Å². The molecule has 1 aromatic heterocycles. The number of carbonyl (C=O) groups is 2. The van der Waals surface area contributed by atoms with E-state index in [0.717, 1.165) is 19.6 Å². The number of rotatable bonds is 10. The number of amides is 1. The van der Waals surface area contributed by atoms with Crippen LogP contribution in [0.3, 0.4) is 0 Å². The van der Waals surface area contributed by atoms with Crippen LogP contribution in [0.25, 0.3) is 11.0 Å². The van der Waals surface area contributed by atoms with Gasteiger partial charge in [0.15, 0.2) is 5.76 Å². The summed E-state index contributed by atoms with van der Waals surface area (Å²) < 4.78 is 5.68. The van der Waals surface area contributed by atoms with Crippen LogP contribution in [0.1, 0.15) is 42.4 Å². The van der Waals surface area contributed by atoms with Crippen LogP contribution in [0.2, 0.25) is 0 Å². The molecule has 1 aliphatic heterocycles. The average Bonchev–Trinajstić information content (AvgIpc) is 3.41. The first-order valence-corrected chi connectivity index (χ1v) is 11.7. The predicted molar refractivity (Wildman–Crippen MR) is 127 cm³/mol. The number of para-hydroxylation sites is 1. The minimum absolute atomic E-state index is 0.0489. The fraction of sp³-hybridized carbons (Fsp3) is 0.308. The fourth-order valence-corrected chi connectivity index (χ4v) is 4.59. The molecule has 1 unspecified atom stereocenters. The summed E-state index contributed by atoms with van der Waals surface area (Å²) in [5.74, 6) is -2.42. The molecule has 0 aliphatic carbocycles. The quantitative estimate of drug-likeness (QED) is 0.271. The third kappa shape index (κ3) is 4.67. The van der Waals surface area contributed by atoms with Crippen molar-refractivity contribution >= 4 is 28.3 Å². The lowest BCUT2D eigenvalue weighted by Crippen LogP contribution is -3.11. The highest BCUT2D eigenvalue weighted by molar-refractivity contribution is 6.15. The number of benzene rings is 2. The van der Waals surface area contributed by atoms with Crippen molar-refractivity contribution in [2.75, 3.05) is 26.2 Å². The summed E-state index contributed by atoms with van der Waals surface area (Å²) in [6.07, 6.45) is 0.619. The second-order valence-electron chi connectivity index (χ2n) is 8.53. The largest absolute Gasteiger partial charge is 0.868 e. The van der Waals surface area contributed by atoms with Crippen LogP contribution in [0.15, 0.2) is 70.3 Å². The zero-order valence-electron chi connectivity index (χ0n) is 19.7. The van der Waals surface area contributed by atoms with E-state index < -0.39 is 28.4 Å². The van der Waals surface area contributed by atoms with E-state index in [-0.39, 0.29) is 23.6 Å². The molecule has 9 nitrogen and oxygen atoms in total. The van der Waals surface area contributed by atoms with Gasteiger partial charge in [-0.25, -0.2) is 0 Å². The van der Waals surface area contributed by atoms with Crippen LogP contribution in [0.5, 0.6) is 0 Å². The molecule has 182 valence electrons. The van der Waals surface area contributed by atoms with Crippen molar-refractivity contribution in [3.63, 3.8) is 0 Å². The Labute approximate surface area is 202 Å². The van der Waals surface area contributed by atoms with E-state index in [1.54, 1.807) is 36.4 Å². The number of non-ortho nitro benzene ring substituents is 1. The predicted octanol–water partition coefficient (Wildman–Crippen LogP) is 2.04. The Kier molecular flexibility index (Phi) is 6.97. The van der Waals surface area contributed by atoms with Gasteiger partial charge < -0.3 is 19.3 Å². The van der Waals surface area contributed by atoms with Crippen molar-refractivity contribution in [1.82, 2.24) is 4.90 Å². The number of carbonyl (C=O) groups excluding carboxylic acids is 2. The number of hydrogen-bond donors (Lipinski definition) is 1. The maximum absolute atomic E-state index is 13.5. The van der Waals surface area contributed by atoms with Gasteiger partial charge in [-0.15, -0.1) is 0 Å². The van der Waals surface area contributed by atoms with Crippen molar-refractivity contribution in [3.8, 4) is 0 Å². The summed E-state index contributed by atoms with van der Waals surface area (Å²) in [6, 6.07) is 13.3. The summed E-state index contributed by atoms with van der Waals surface area (Å²) in [5.41, 5.74) is 0.398. The van der Waals surface area contributed by atoms with E-state index in [0.29, 0.717) is 23.0 Å². The molecule has 3 aromatic rings. The van der Waals surface area contributed by atoms with Gasteiger partial charge in [-0.1, -0.05) is 30.3 Å². The second kappa shape index (κ2) is 10.1. The highest BCUT2D eigenvalue weighted by Gasteiger charge is 2.40. The third-order valence-corrected chi connectivity index (χ3v) is 6.50. The number of quaternary nitrogens is 1.